The molecule has 170 valence electrons. The monoisotopic (exact) mass is 462 g/mol. The Hall–Kier alpha value is -3.17. The van der Waals surface area contributed by atoms with Gasteiger partial charge in [0.05, 0.1) is 18.8 Å². The molecule has 0 spiro atoms. The highest BCUT2D eigenvalue weighted by Gasteiger charge is 2.37. The van der Waals surface area contributed by atoms with E-state index in [1.54, 1.807) is 6.08 Å². The molecular formula is C24H26N6O2S. The molecule has 3 aliphatic rings. The Kier molecular flexibility index (Phi) is 5.67. The van der Waals surface area contributed by atoms with Crippen molar-refractivity contribution in [2.45, 2.75) is 27.2 Å². The van der Waals surface area contributed by atoms with Crippen LogP contribution >= 0.6 is 11.8 Å². The molecule has 0 aliphatic carbocycles. The third-order valence-corrected chi connectivity index (χ3v) is 7.07. The van der Waals surface area contributed by atoms with E-state index in [2.05, 4.69) is 50.8 Å². The molecule has 0 radical (unpaired) electrons. The van der Waals surface area contributed by atoms with Crippen molar-refractivity contribution in [1.29, 1.82) is 5.41 Å². The Morgan fingerprint density at radius 1 is 1.15 bits per heavy atom. The van der Waals surface area contributed by atoms with Gasteiger partial charge in [-0.3, -0.25) is 10.2 Å². The number of carbonyl (C=O) groups is 1. The van der Waals surface area contributed by atoms with Crippen LogP contribution in [0.4, 0.5) is 0 Å². The fourth-order valence-electron chi connectivity index (χ4n) is 4.23. The number of hydrogen-bond acceptors (Lipinski definition) is 6. The molecule has 1 aromatic heterocycles. The van der Waals surface area contributed by atoms with E-state index in [1.807, 2.05) is 19.9 Å². The SMILES string of the molecule is CCc1ccc(-n2c(C)cc(/C=C3\C(=N)N4N=C(N5CCOCC5)SC4=NC3=O)c2C)cc1. The van der Waals surface area contributed by atoms with Crippen LogP contribution in [0.2, 0.25) is 0 Å². The third kappa shape index (κ3) is 3.91. The number of thioether (sulfide) groups is 1. The number of rotatable bonds is 3. The van der Waals surface area contributed by atoms with E-state index in [4.69, 9.17) is 10.1 Å². The minimum Gasteiger partial charge on any atom is -0.378 e. The molecule has 0 atom stereocenters. The topological polar surface area (TPSA) is 86.3 Å². The van der Waals surface area contributed by atoms with Crippen molar-refractivity contribution in [2.75, 3.05) is 26.3 Å². The summed E-state index contributed by atoms with van der Waals surface area (Å²) in [7, 11) is 0. The average Bonchev–Trinajstić information content (AvgIpc) is 3.38. The van der Waals surface area contributed by atoms with Crippen LogP contribution in [0.5, 0.6) is 0 Å². The van der Waals surface area contributed by atoms with Crippen LogP contribution in [0.1, 0.15) is 29.4 Å². The summed E-state index contributed by atoms with van der Waals surface area (Å²) in [6.45, 7) is 8.98. The molecule has 1 amide bonds. The molecule has 1 aromatic carbocycles. The van der Waals surface area contributed by atoms with Crippen molar-refractivity contribution in [1.82, 2.24) is 14.5 Å². The quantitative estimate of drug-likeness (QED) is 0.705. The number of hydrazone groups is 1. The van der Waals surface area contributed by atoms with Gasteiger partial charge in [-0.05, 0) is 67.4 Å². The predicted octanol–water partition coefficient (Wildman–Crippen LogP) is 3.57. The number of aliphatic imine (C=N–C) groups is 1. The fraction of sp³-hybridized carbons (Fsp3) is 0.333. The number of fused-ring (bicyclic) bond motifs is 1. The smallest absolute Gasteiger partial charge is 0.283 e. The number of nitrogens with zero attached hydrogens (tertiary/aromatic N) is 5. The lowest BCUT2D eigenvalue weighted by atomic mass is 10.1. The standard InChI is InChI=1S/C24H26N6O2S/c1-4-17-5-7-19(8-6-17)29-15(2)13-18(16(29)3)14-20-21(25)30-23(26-22(20)31)33-24(27-30)28-9-11-32-12-10-28/h5-8,13-14,25H,4,9-12H2,1-3H3/b20-14+,25-21?. The maximum Gasteiger partial charge on any atom is 0.283 e. The van der Waals surface area contributed by atoms with Crippen molar-refractivity contribution < 1.29 is 9.53 Å². The number of amides is 1. The minimum atomic E-state index is -0.408. The maximum absolute atomic E-state index is 12.9. The summed E-state index contributed by atoms with van der Waals surface area (Å²) in [5, 5.41) is 15.9. The van der Waals surface area contributed by atoms with Crippen LogP contribution in [0.3, 0.4) is 0 Å². The van der Waals surface area contributed by atoms with Crippen molar-refractivity contribution in [3.63, 3.8) is 0 Å². The fourth-order valence-corrected chi connectivity index (χ4v) is 5.18. The van der Waals surface area contributed by atoms with Gasteiger partial charge in [0.25, 0.3) is 5.91 Å². The van der Waals surface area contributed by atoms with Crippen LogP contribution in [-0.2, 0) is 16.0 Å². The number of benzene rings is 1. The van der Waals surface area contributed by atoms with Gasteiger partial charge in [0, 0.05) is 30.2 Å². The molecule has 0 unspecified atom stereocenters. The van der Waals surface area contributed by atoms with Crippen molar-refractivity contribution in [2.24, 2.45) is 10.1 Å². The van der Waals surface area contributed by atoms with Crippen LogP contribution in [0.15, 0.2) is 46.0 Å². The highest BCUT2D eigenvalue weighted by Crippen LogP contribution is 2.31. The van der Waals surface area contributed by atoms with Gasteiger partial charge in [-0.15, -0.1) is 5.10 Å². The first-order valence-electron chi connectivity index (χ1n) is 11.1. The summed E-state index contributed by atoms with van der Waals surface area (Å²) in [6.07, 6.45) is 2.76. The first kappa shape index (κ1) is 21.7. The lowest BCUT2D eigenvalue weighted by Gasteiger charge is -2.26. The Morgan fingerprint density at radius 3 is 2.58 bits per heavy atom. The van der Waals surface area contributed by atoms with Gasteiger partial charge in [-0.1, -0.05) is 19.1 Å². The summed E-state index contributed by atoms with van der Waals surface area (Å²) in [4.78, 5) is 19.2. The van der Waals surface area contributed by atoms with E-state index >= 15 is 0 Å². The predicted molar refractivity (Wildman–Crippen MR) is 132 cm³/mol. The molecule has 9 heteroatoms. The van der Waals surface area contributed by atoms with E-state index in [9.17, 15) is 4.79 Å². The number of ether oxygens (including phenoxy) is 1. The minimum absolute atomic E-state index is 0.0536. The first-order chi connectivity index (χ1) is 16.0. The third-order valence-electron chi connectivity index (χ3n) is 6.10. The average molecular weight is 463 g/mol. The molecule has 8 nitrogen and oxygen atoms in total. The molecule has 5 rings (SSSR count). The van der Waals surface area contributed by atoms with Crippen LogP contribution in [0, 0.1) is 19.3 Å². The van der Waals surface area contributed by atoms with Gasteiger partial charge in [-0.25, -0.2) is 0 Å². The van der Waals surface area contributed by atoms with Gasteiger partial charge in [0.1, 0.15) is 0 Å². The van der Waals surface area contributed by atoms with E-state index in [0.29, 0.717) is 18.4 Å². The van der Waals surface area contributed by atoms with Crippen molar-refractivity contribution >= 4 is 39.9 Å². The largest absolute Gasteiger partial charge is 0.378 e. The Balaban J connectivity index is 1.46. The lowest BCUT2D eigenvalue weighted by Crippen LogP contribution is -2.39. The first-order valence-corrected chi connectivity index (χ1v) is 11.9. The molecule has 0 saturated carbocycles. The van der Waals surface area contributed by atoms with Gasteiger partial charge in [-0.2, -0.15) is 10.0 Å². The van der Waals surface area contributed by atoms with Gasteiger partial charge in [0.15, 0.2) is 11.0 Å². The number of amidine groups is 3. The van der Waals surface area contributed by atoms with Gasteiger partial charge in [0.2, 0.25) is 5.17 Å². The van der Waals surface area contributed by atoms with E-state index in [-0.39, 0.29) is 11.4 Å². The highest BCUT2D eigenvalue weighted by atomic mass is 32.2. The molecule has 33 heavy (non-hydrogen) atoms. The second-order valence-corrected chi connectivity index (χ2v) is 9.12. The zero-order valence-corrected chi connectivity index (χ0v) is 19.8. The number of nitrogens with one attached hydrogen (secondary N) is 1. The Morgan fingerprint density at radius 2 is 1.88 bits per heavy atom. The molecular weight excluding hydrogens is 436 g/mol. The molecule has 3 aliphatic heterocycles. The normalized spacial score (nSPS) is 19.8. The van der Waals surface area contributed by atoms with Gasteiger partial charge < -0.3 is 14.2 Å². The van der Waals surface area contributed by atoms with E-state index in [0.717, 1.165) is 47.3 Å². The number of aryl methyl sites for hydroxylation is 2. The van der Waals surface area contributed by atoms with Crippen LogP contribution < -0.4 is 0 Å². The molecule has 4 heterocycles. The molecule has 2 aromatic rings. The zero-order valence-electron chi connectivity index (χ0n) is 19.0. The number of hydrogen-bond donors (Lipinski definition) is 1. The molecule has 1 saturated heterocycles. The second-order valence-electron chi connectivity index (χ2n) is 8.18. The molecule has 1 fully saturated rings. The molecule has 1 N–H and O–H groups in total. The number of carbonyl (C=O) groups excluding carboxylic acids is 1. The number of aromatic nitrogens is 1. The maximum atomic E-state index is 12.9. The summed E-state index contributed by atoms with van der Waals surface area (Å²) in [6, 6.07) is 10.5. The Bertz CT molecular complexity index is 1220. The zero-order chi connectivity index (χ0) is 23.1. The number of morpholine rings is 1. The summed E-state index contributed by atoms with van der Waals surface area (Å²) < 4.78 is 7.57. The van der Waals surface area contributed by atoms with Gasteiger partial charge >= 0.3 is 0 Å². The van der Waals surface area contributed by atoms with Crippen LogP contribution in [-0.4, -0.2) is 62.9 Å². The lowest BCUT2D eigenvalue weighted by molar-refractivity contribution is -0.114. The highest BCUT2D eigenvalue weighted by molar-refractivity contribution is 8.26. The summed E-state index contributed by atoms with van der Waals surface area (Å²) in [5.41, 5.74) is 5.57. The van der Waals surface area contributed by atoms with E-state index in [1.165, 1.54) is 22.3 Å². The van der Waals surface area contributed by atoms with Crippen LogP contribution in [0.25, 0.3) is 11.8 Å². The summed E-state index contributed by atoms with van der Waals surface area (Å²) in [5.74, 6) is -0.354. The van der Waals surface area contributed by atoms with Crippen molar-refractivity contribution in [3.8, 4) is 5.69 Å². The molecule has 0 bridgehead atoms. The Labute approximate surface area is 197 Å². The second kappa shape index (κ2) is 8.64. The summed E-state index contributed by atoms with van der Waals surface area (Å²) >= 11 is 1.33. The van der Waals surface area contributed by atoms with E-state index < -0.39 is 5.91 Å². The van der Waals surface area contributed by atoms with Crippen molar-refractivity contribution in [3.05, 3.63) is 58.4 Å².